The zero-order chi connectivity index (χ0) is 15.2. The molecule has 2 rings (SSSR count). The van der Waals surface area contributed by atoms with E-state index in [0.717, 1.165) is 36.9 Å². The fourth-order valence-corrected chi connectivity index (χ4v) is 3.41. The second-order valence-corrected chi connectivity index (χ2v) is 6.71. The average molecular weight is 309 g/mol. The summed E-state index contributed by atoms with van der Waals surface area (Å²) in [5.41, 5.74) is 5.30. The molecule has 1 atom stereocenters. The number of aryl methyl sites for hydroxylation is 1. The van der Waals surface area contributed by atoms with Crippen LogP contribution in [0.1, 0.15) is 29.1 Å². The summed E-state index contributed by atoms with van der Waals surface area (Å²) < 4.78 is 0. The molecule has 0 aromatic carbocycles. The lowest BCUT2D eigenvalue weighted by Crippen LogP contribution is -2.46. The van der Waals surface area contributed by atoms with Gasteiger partial charge in [0.2, 0.25) is 5.91 Å². The predicted octanol–water partition coefficient (Wildman–Crippen LogP) is 1.11. The number of guanidine groups is 1. The first kappa shape index (κ1) is 15.8. The molecule has 0 aliphatic carbocycles. The van der Waals surface area contributed by atoms with E-state index in [1.165, 1.54) is 4.88 Å². The third-order valence-corrected chi connectivity index (χ3v) is 4.50. The molecule has 0 bridgehead atoms. The number of carbonyl (C=O) groups is 1. The van der Waals surface area contributed by atoms with Gasteiger partial charge in [-0.3, -0.25) is 9.79 Å². The van der Waals surface area contributed by atoms with Crippen molar-refractivity contribution in [3.63, 3.8) is 0 Å². The highest BCUT2D eigenvalue weighted by atomic mass is 32.1. The standard InChI is InChI=1S/C14H23N5OS/c1-10-7-17-13(21-10)8-18-14(16-2)19-5-3-4-11(9-19)6-12(15)20/h7,11H,3-6,8-9H2,1-2H3,(H2,15,20)(H,16,18). The molecule has 1 fully saturated rings. The molecule has 21 heavy (non-hydrogen) atoms. The molecule has 2 heterocycles. The van der Waals surface area contributed by atoms with Gasteiger partial charge in [0.25, 0.3) is 0 Å². The predicted molar refractivity (Wildman–Crippen MR) is 85.2 cm³/mol. The monoisotopic (exact) mass is 309 g/mol. The Labute approximate surface area is 129 Å². The van der Waals surface area contributed by atoms with Crippen LogP contribution in [-0.2, 0) is 11.3 Å². The largest absolute Gasteiger partial charge is 0.370 e. The lowest BCUT2D eigenvalue weighted by molar-refractivity contribution is -0.119. The van der Waals surface area contributed by atoms with Crippen LogP contribution >= 0.6 is 11.3 Å². The van der Waals surface area contributed by atoms with E-state index >= 15 is 0 Å². The Bertz CT molecular complexity index is 513. The van der Waals surface area contributed by atoms with Gasteiger partial charge in [0.15, 0.2) is 5.96 Å². The number of aromatic nitrogens is 1. The summed E-state index contributed by atoms with van der Waals surface area (Å²) in [6.45, 7) is 4.53. The van der Waals surface area contributed by atoms with Crippen molar-refractivity contribution in [3.8, 4) is 0 Å². The lowest BCUT2D eigenvalue weighted by atomic mass is 9.95. The highest BCUT2D eigenvalue weighted by molar-refractivity contribution is 7.11. The molecule has 0 radical (unpaired) electrons. The maximum Gasteiger partial charge on any atom is 0.217 e. The molecule has 1 amide bonds. The molecule has 1 unspecified atom stereocenters. The van der Waals surface area contributed by atoms with Crippen LogP contribution in [-0.4, -0.2) is 41.9 Å². The van der Waals surface area contributed by atoms with Gasteiger partial charge in [0.1, 0.15) is 5.01 Å². The summed E-state index contributed by atoms with van der Waals surface area (Å²) in [6.07, 6.45) is 4.46. The molecule has 1 aliphatic heterocycles. The number of thiazole rings is 1. The molecule has 7 heteroatoms. The van der Waals surface area contributed by atoms with E-state index in [4.69, 9.17) is 5.73 Å². The first-order chi connectivity index (χ1) is 10.1. The van der Waals surface area contributed by atoms with Crippen molar-refractivity contribution in [2.75, 3.05) is 20.1 Å². The van der Waals surface area contributed by atoms with Crippen molar-refractivity contribution < 1.29 is 4.79 Å². The van der Waals surface area contributed by atoms with Crippen LogP contribution in [0.15, 0.2) is 11.2 Å². The fourth-order valence-electron chi connectivity index (χ4n) is 2.68. The minimum atomic E-state index is -0.219. The smallest absolute Gasteiger partial charge is 0.217 e. The number of likely N-dealkylation sites (tertiary alicyclic amines) is 1. The summed E-state index contributed by atoms with van der Waals surface area (Å²) in [6, 6.07) is 0. The summed E-state index contributed by atoms with van der Waals surface area (Å²) in [5.74, 6) is 0.983. The van der Waals surface area contributed by atoms with Crippen LogP contribution in [0.25, 0.3) is 0 Å². The van der Waals surface area contributed by atoms with E-state index in [9.17, 15) is 4.79 Å². The number of nitrogens with two attached hydrogens (primary N) is 1. The van der Waals surface area contributed by atoms with Gasteiger partial charge < -0.3 is 16.0 Å². The number of carbonyl (C=O) groups excluding carboxylic acids is 1. The minimum absolute atomic E-state index is 0.219. The van der Waals surface area contributed by atoms with Gasteiger partial charge >= 0.3 is 0 Å². The maximum absolute atomic E-state index is 11.1. The van der Waals surface area contributed by atoms with Gasteiger partial charge in [0, 0.05) is 37.6 Å². The number of primary amides is 1. The average Bonchev–Trinajstić information content (AvgIpc) is 2.85. The number of hydrogen-bond acceptors (Lipinski definition) is 4. The van der Waals surface area contributed by atoms with Gasteiger partial charge in [-0.05, 0) is 25.7 Å². The Kier molecular flexibility index (Phi) is 5.55. The maximum atomic E-state index is 11.1. The summed E-state index contributed by atoms with van der Waals surface area (Å²) >= 11 is 1.69. The Morgan fingerprint density at radius 2 is 2.48 bits per heavy atom. The van der Waals surface area contributed by atoms with Crippen LogP contribution in [0.4, 0.5) is 0 Å². The van der Waals surface area contributed by atoms with Crippen molar-refractivity contribution in [1.82, 2.24) is 15.2 Å². The van der Waals surface area contributed by atoms with E-state index in [1.807, 2.05) is 6.20 Å². The van der Waals surface area contributed by atoms with Gasteiger partial charge in [0.05, 0.1) is 6.54 Å². The molecule has 1 aromatic rings. The molecule has 0 saturated carbocycles. The zero-order valence-corrected chi connectivity index (χ0v) is 13.4. The first-order valence-corrected chi connectivity index (χ1v) is 8.05. The highest BCUT2D eigenvalue weighted by Gasteiger charge is 2.23. The Morgan fingerprint density at radius 1 is 1.67 bits per heavy atom. The van der Waals surface area contributed by atoms with Gasteiger partial charge in [-0.2, -0.15) is 0 Å². The zero-order valence-electron chi connectivity index (χ0n) is 12.6. The van der Waals surface area contributed by atoms with Crippen LogP contribution in [0.5, 0.6) is 0 Å². The lowest BCUT2D eigenvalue weighted by Gasteiger charge is -2.34. The highest BCUT2D eigenvalue weighted by Crippen LogP contribution is 2.19. The molecule has 1 aromatic heterocycles. The van der Waals surface area contributed by atoms with Crippen molar-refractivity contribution in [1.29, 1.82) is 0 Å². The van der Waals surface area contributed by atoms with Crippen molar-refractivity contribution in [2.24, 2.45) is 16.6 Å². The quantitative estimate of drug-likeness (QED) is 0.645. The molecular weight excluding hydrogens is 286 g/mol. The second kappa shape index (κ2) is 7.40. The van der Waals surface area contributed by atoms with E-state index < -0.39 is 0 Å². The number of rotatable bonds is 4. The molecule has 3 N–H and O–H groups in total. The van der Waals surface area contributed by atoms with E-state index in [1.54, 1.807) is 18.4 Å². The number of amides is 1. The number of nitrogens with one attached hydrogen (secondary N) is 1. The Hall–Kier alpha value is -1.63. The third kappa shape index (κ3) is 4.70. The van der Waals surface area contributed by atoms with E-state index in [2.05, 4.69) is 27.1 Å². The summed E-state index contributed by atoms with van der Waals surface area (Å²) in [5, 5.41) is 4.41. The van der Waals surface area contributed by atoms with Crippen molar-refractivity contribution in [2.45, 2.75) is 32.7 Å². The van der Waals surface area contributed by atoms with Crippen LogP contribution in [0.3, 0.4) is 0 Å². The summed E-state index contributed by atoms with van der Waals surface area (Å²) in [4.78, 5) is 23.2. The summed E-state index contributed by atoms with van der Waals surface area (Å²) in [7, 11) is 1.78. The first-order valence-electron chi connectivity index (χ1n) is 7.23. The van der Waals surface area contributed by atoms with Gasteiger partial charge in [-0.15, -0.1) is 11.3 Å². The van der Waals surface area contributed by atoms with Crippen LogP contribution < -0.4 is 11.1 Å². The normalized spacial score (nSPS) is 19.6. The van der Waals surface area contributed by atoms with E-state index in [-0.39, 0.29) is 5.91 Å². The topological polar surface area (TPSA) is 83.6 Å². The molecule has 1 saturated heterocycles. The van der Waals surface area contributed by atoms with Gasteiger partial charge in [-0.25, -0.2) is 4.98 Å². The fraction of sp³-hybridized carbons (Fsp3) is 0.643. The molecule has 116 valence electrons. The molecular formula is C14H23N5OS. The number of piperidine rings is 1. The minimum Gasteiger partial charge on any atom is -0.370 e. The van der Waals surface area contributed by atoms with Crippen molar-refractivity contribution in [3.05, 3.63) is 16.1 Å². The second-order valence-electron chi connectivity index (χ2n) is 5.39. The number of hydrogen-bond donors (Lipinski definition) is 2. The third-order valence-electron chi connectivity index (χ3n) is 3.59. The number of aliphatic imine (C=N–C) groups is 1. The van der Waals surface area contributed by atoms with Crippen LogP contribution in [0, 0.1) is 12.8 Å². The Morgan fingerprint density at radius 3 is 3.10 bits per heavy atom. The Balaban J connectivity index is 1.89. The number of nitrogens with zero attached hydrogens (tertiary/aromatic N) is 3. The van der Waals surface area contributed by atoms with E-state index in [0.29, 0.717) is 18.9 Å². The van der Waals surface area contributed by atoms with Crippen LogP contribution in [0.2, 0.25) is 0 Å². The molecule has 1 aliphatic rings. The van der Waals surface area contributed by atoms with Crippen molar-refractivity contribution >= 4 is 23.2 Å². The van der Waals surface area contributed by atoms with Gasteiger partial charge in [-0.1, -0.05) is 0 Å². The SMILES string of the molecule is CN=C(NCc1ncc(C)s1)N1CCCC(CC(N)=O)C1. The molecule has 6 nitrogen and oxygen atoms in total. The molecule has 0 spiro atoms.